The smallest absolute Gasteiger partial charge is 0.334 e. The van der Waals surface area contributed by atoms with E-state index >= 15 is 0 Å². The summed E-state index contributed by atoms with van der Waals surface area (Å²) >= 11 is 0. The second kappa shape index (κ2) is 3.50. The summed E-state index contributed by atoms with van der Waals surface area (Å²) in [5.74, 6) is -0.511. The first-order valence-corrected chi connectivity index (χ1v) is 4.53. The molecule has 74 valence electrons. The monoisotopic (exact) mass is 184 g/mol. The molecule has 3 nitrogen and oxygen atoms in total. The Balaban J connectivity index is 2.79. The molecular formula is C10H16O3. The van der Waals surface area contributed by atoms with Gasteiger partial charge >= 0.3 is 5.97 Å². The van der Waals surface area contributed by atoms with Crippen molar-refractivity contribution >= 4 is 5.97 Å². The molecule has 1 N–H and O–H groups in total. The molecule has 0 spiro atoms. The van der Waals surface area contributed by atoms with Crippen LogP contribution in [0.15, 0.2) is 12.2 Å². The minimum Gasteiger partial charge on any atom is -0.459 e. The minimum atomic E-state index is -0.547. The summed E-state index contributed by atoms with van der Waals surface area (Å²) in [6.07, 6.45) is -0.800. The predicted octanol–water partition coefficient (Wildman–Crippen LogP) is 1.12. The van der Waals surface area contributed by atoms with Crippen molar-refractivity contribution in [3.8, 4) is 0 Å². The van der Waals surface area contributed by atoms with E-state index in [1.54, 1.807) is 6.92 Å². The van der Waals surface area contributed by atoms with Crippen LogP contribution in [0.3, 0.4) is 0 Å². The van der Waals surface area contributed by atoms with E-state index in [1.807, 2.05) is 13.8 Å². The summed E-state index contributed by atoms with van der Waals surface area (Å²) in [6, 6.07) is 0. The molecule has 0 aromatic rings. The molecule has 0 unspecified atom stereocenters. The summed E-state index contributed by atoms with van der Waals surface area (Å²) in [5, 5.41) is 9.79. The maximum Gasteiger partial charge on any atom is 0.334 e. The van der Waals surface area contributed by atoms with Crippen molar-refractivity contribution in [2.45, 2.75) is 33.0 Å². The Morgan fingerprint density at radius 1 is 1.54 bits per heavy atom. The van der Waals surface area contributed by atoms with E-state index in [4.69, 9.17) is 4.74 Å². The van der Waals surface area contributed by atoms with Gasteiger partial charge in [-0.05, 0) is 12.8 Å². The maximum atomic E-state index is 11.1. The first kappa shape index (κ1) is 10.3. The predicted molar refractivity (Wildman–Crippen MR) is 49.0 cm³/mol. The standard InChI is InChI=1S/C10H16O3/c1-5(2)9(11)8-6(3)10(12)13-7(8)4/h5,7-9,11H,3H2,1-2,4H3/t7-,8-,9-/m1/s1. The molecule has 3 atom stereocenters. The molecule has 1 heterocycles. The highest BCUT2D eigenvalue weighted by molar-refractivity contribution is 5.90. The van der Waals surface area contributed by atoms with Crippen LogP contribution in [-0.2, 0) is 9.53 Å². The van der Waals surface area contributed by atoms with Crippen molar-refractivity contribution in [3.05, 3.63) is 12.2 Å². The summed E-state index contributed by atoms with van der Waals surface area (Å²) in [6.45, 7) is 9.24. The number of hydrogen-bond acceptors (Lipinski definition) is 3. The Morgan fingerprint density at radius 2 is 2.08 bits per heavy atom. The lowest BCUT2D eigenvalue weighted by Gasteiger charge is -2.23. The third kappa shape index (κ3) is 1.75. The van der Waals surface area contributed by atoms with E-state index in [0.717, 1.165) is 0 Å². The fourth-order valence-electron chi connectivity index (χ4n) is 1.64. The Labute approximate surface area is 78.4 Å². The van der Waals surface area contributed by atoms with Crippen LogP contribution in [0, 0.1) is 11.8 Å². The van der Waals surface area contributed by atoms with Crippen molar-refractivity contribution in [2.24, 2.45) is 11.8 Å². The molecule has 1 saturated heterocycles. The quantitative estimate of drug-likeness (QED) is 0.516. The fourth-order valence-corrected chi connectivity index (χ4v) is 1.64. The lowest BCUT2D eigenvalue weighted by Crippen LogP contribution is -2.31. The Morgan fingerprint density at radius 3 is 2.38 bits per heavy atom. The maximum absolute atomic E-state index is 11.1. The summed E-state index contributed by atoms with van der Waals surface area (Å²) in [4.78, 5) is 11.1. The van der Waals surface area contributed by atoms with Crippen LogP contribution in [0.5, 0.6) is 0 Å². The Kier molecular flexibility index (Phi) is 2.76. The van der Waals surface area contributed by atoms with E-state index in [2.05, 4.69) is 6.58 Å². The van der Waals surface area contributed by atoms with Gasteiger partial charge in [0.1, 0.15) is 6.10 Å². The van der Waals surface area contributed by atoms with Crippen molar-refractivity contribution in [1.82, 2.24) is 0 Å². The van der Waals surface area contributed by atoms with Crippen molar-refractivity contribution < 1.29 is 14.6 Å². The van der Waals surface area contributed by atoms with Gasteiger partial charge in [-0.2, -0.15) is 0 Å². The van der Waals surface area contributed by atoms with Crippen LogP contribution in [0.2, 0.25) is 0 Å². The van der Waals surface area contributed by atoms with Gasteiger partial charge in [0.2, 0.25) is 0 Å². The minimum absolute atomic E-state index is 0.110. The van der Waals surface area contributed by atoms with Crippen LogP contribution < -0.4 is 0 Å². The average Bonchev–Trinajstić information content (AvgIpc) is 2.26. The number of carbonyl (C=O) groups excluding carboxylic acids is 1. The highest BCUT2D eigenvalue weighted by Gasteiger charge is 2.41. The van der Waals surface area contributed by atoms with Gasteiger partial charge in [-0.3, -0.25) is 0 Å². The van der Waals surface area contributed by atoms with Crippen LogP contribution >= 0.6 is 0 Å². The van der Waals surface area contributed by atoms with E-state index in [0.29, 0.717) is 5.57 Å². The van der Waals surface area contributed by atoms with E-state index in [-0.39, 0.29) is 23.9 Å². The summed E-state index contributed by atoms with van der Waals surface area (Å²) < 4.78 is 4.96. The van der Waals surface area contributed by atoms with Gasteiger partial charge in [0.15, 0.2) is 0 Å². The molecule has 0 aliphatic carbocycles. The van der Waals surface area contributed by atoms with Gasteiger partial charge in [0.05, 0.1) is 12.0 Å². The van der Waals surface area contributed by atoms with Gasteiger partial charge in [-0.1, -0.05) is 20.4 Å². The molecule has 1 aliphatic heterocycles. The number of aliphatic hydroxyl groups is 1. The zero-order valence-electron chi connectivity index (χ0n) is 8.28. The molecule has 0 saturated carbocycles. The second-order valence-corrected chi connectivity index (χ2v) is 3.90. The lowest BCUT2D eigenvalue weighted by atomic mass is 9.86. The molecule has 1 aliphatic rings. The van der Waals surface area contributed by atoms with Crippen molar-refractivity contribution in [3.63, 3.8) is 0 Å². The zero-order valence-corrected chi connectivity index (χ0v) is 8.28. The van der Waals surface area contributed by atoms with Gasteiger partial charge in [0.25, 0.3) is 0 Å². The van der Waals surface area contributed by atoms with E-state index in [9.17, 15) is 9.90 Å². The van der Waals surface area contributed by atoms with Crippen LogP contribution in [0.1, 0.15) is 20.8 Å². The van der Waals surface area contributed by atoms with Gasteiger partial charge in [-0.25, -0.2) is 4.79 Å². The molecule has 1 rings (SSSR count). The number of hydrogen-bond donors (Lipinski definition) is 1. The van der Waals surface area contributed by atoms with Gasteiger partial charge in [-0.15, -0.1) is 0 Å². The van der Waals surface area contributed by atoms with Gasteiger partial charge in [0, 0.05) is 5.57 Å². The number of esters is 1. The normalized spacial score (nSPS) is 30.8. The largest absolute Gasteiger partial charge is 0.459 e. The Hall–Kier alpha value is -0.830. The van der Waals surface area contributed by atoms with Crippen LogP contribution in [0.25, 0.3) is 0 Å². The van der Waals surface area contributed by atoms with Crippen molar-refractivity contribution in [1.29, 1.82) is 0 Å². The topological polar surface area (TPSA) is 46.5 Å². The lowest BCUT2D eigenvalue weighted by molar-refractivity contribution is -0.138. The van der Waals surface area contributed by atoms with E-state index < -0.39 is 6.10 Å². The average molecular weight is 184 g/mol. The highest BCUT2D eigenvalue weighted by atomic mass is 16.6. The van der Waals surface area contributed by atoms with Gasteiger partial charge < -0.3 is 9.84 Å². The number of rotatable bonds is 2. The summed E-state index contributed by atoms with van der Waals surface area (Å²) in [5.41, 5.74) is 0.397. The SMILES string of the molecule is C=C1C(=O)O[C@H](C)[C@@H]1[C@H](O)C(C)C. The molecule has 0 aromatic carbocycles. The zero-order chi connectivity index (χ0) is 10.2. The molecule has 0 radical (unpaired) electrons. The first-order valence-electron chi connectivity index (χ1n) is 4.53. The molecular weight excluding hydrogens is 168 g/mol. The van der Waals surface area contributed by atoms with Crippen molar-refractivity contribution in [2.75, 3.05) is 0 Å². The van der Waals surface area contributed by atoms with Crippen LogP contribution in [-0.4, -0.2) is 23.3 Å². The third-order valence-electron chi connectivity index (χ3n) is 2.51. The summed E-state index contributed by atoms with van der Waals surface area (Å²) in [7, 11) is 0. The number of ether oxygens (including phenoxy) is 1. The highest BCUT2D eigenvalue weighted by Crippen LogP contribution is 2.31. The molecule has 3 heteroatoms. The fraction of sp³-hybridized carbons (Fsp3) is 0.700. The third-order valence-corrected chi connectivity index (χ3v) is 2.51. The molecule has 13 heavy (non-hydrogen) atoms. The molecule has 0 amide bonds. The van der Waals surface area contributed by atoms with Crippen LogP contribution in [0.4, 0.5) is 0 Å². The number of cyclic esters (lactones) is 1. The second-order valence-electron chi connectivity index (χ2n) is 3.90. The molecule has 0 bridgehead atoms. The first-order chi connectivity index (χ1) is 5.95. The molecule has 1 fully saturated rings. The Bertz CT molecular complexity index is 232. The molecule has 0 aromatic heterocycles. The van der Waals surface area contributed by atoms with E-state index in [1.165, 1.54) is 0 Å². The number of aliphatic hydroxyl groups excluding tert-OH is 1. The number of carbonyl (C=O) groups is 1.